The number of rotatable bonds is 2. The Balaban J connectivity index is 2.22. The first-order valence-electron chi connectivity index (χ1n) is 6.28. The number of benzene rings is 1. The molecule has 5 heteroatoms. The highest BCUT2D eigenvalue weighted by Gasteiger charge is 2.13. The number of fused-ring (bicyclic) bond motifs is 1. The van der Waals surface area contributed by atoms with E-state index in [1.165, 1.54) is 11.3 Å². The van der Waals surface area contributed by atoms with Gasteiger partial charge in [0.25, 0.3) is 0 Å². The van der Waals surface area contributed by atoms with Crippen LogP contribution < -0.4 is 10.9 Å². The van der Waals surface area contributed by atoms with Crippen LogP contribution in [-0.4, -0.2) is 12.0 Å². The topological polar surface area (TPSA) is 55.1 Å². The van der Waals surface area contributed by atoms with Gasteiger partial charge in [0.2, 0.25) is 0 Å². The lowest BCUT2D eigenvalue weighted by Crippen LogP contribution is -2.02. The number of thiazole rings is 1. The fraction of sp³-hybridized carbons (Fsp3) is 0.200. The molecule has 3 rings (SSSR count). The highest BCUT2D eigenvalue weighted by atomic mass is 32.1. The van der Waals surface area contributed by atoms with Crippen molar-refractivity contribution in [2.24, 2.45) is 0 Å². The van der Waals surface area contributed by atoms with Crippen LogP contribution >= 0.6 is 11.3 Å². The summed E-state index contributed by atoms with van der Waals surface area (Å²) < 4.78 is 5.41. The summed E-state index contributed by atoms with van der Waals surface area (Å²) in [6, 6.07) is 7.54. The van der Waals surface area contributed by atoms with Crippen molar-refractivity contribution in [3.05, 3.63) is 45.3 Å². The minimum Gasteiger partial charge on any atom is -0.422 e. The number of nitrogens with one attached hydrogen (secondary N) is 1. The molecule has 0 bridgehead atoms. The highest BCUT2D eigenvalue weighted by Crippen LogP contribution is 2.27. The van der Waals surface area contributed by atoms with E-state index in [2.05, 4.69) is 10.3 Å². The molecule has 2 aromatic heterocycles. The Kier molecular flexibility index (Phi) is 3.06. The zero-order chi connectivity index (χ0) is 14.3. The van der Waals surface area contributed by atoms with Crippen LogP contribution in [0.15, 0.2) is 33.5 Å². The number of nitrogens with zero attached hydrogens (tertiary/aromatic N) is 1. The second kappa shape index (κ2) is 4.76. The summed E-state index contributed by atoms with van der Waals surface area (Å²) in [6.45, 7) is 3.94. The van der Waals surface area contributed by atoms with E-state index in [4.69, 9.17) is 4.42 Å². The Bertz CT molecular complexity index is 829. The van der Waals surface area contributed by atoms with Crippen LogP contribution in [0.2, 0.25) is 0 Å². The van der Waals surface area contributed by atoms with Crippen molar-refractivity contribution < 1.29 is 4.42 Å². The summed E-state index contributed by atoms with van der Waals surface area (Å²) >= 11 is 1.51. The zero-order valence-electron chi connectivity index (χ0n) is 11.5. The number of aromatic nitrogens is 1. The van der Waals surface area contributed by atoms with E-state index in [-0.39, 0.29) is 5.63 Å². The van der Waals surface area contributed by atoms with Crippen molar-refractivity contribution in [2.45, 2.75) is 13.8 Å². The van der Waals surface area contributed by atoms with Crippen LogP contribution in [0, 0.1) is 13.8 Å². The molecule has 0 aliphatic heterocycles. The monoisotopic (exact) mass is 286 g/mol. The van der Waals surface area contributed by atoms with Crippen molar-refractivity contribution >= 4 is 28.0 Å². The van der Waals surface area contributed by atoms with Gasteiger partial charge in [0.05, 0.1) is 11.3 Å². The van der Waals surface area contributed by atoms with Crippen LogP contribution in [0.5, 0.6) is 0 Å². The number of anilines is 1. The molecular formula is C15H14N2O2S. The van der Waals surface area contributed by atoms with Gasteiger partial charge in [-0.1, -0.05) is 0 Å². The molecule has 0 aliphatic carbocycles. The van der Waals surface area contributed by atoms with Crippen molar-refractivity contribution in [1.29, 1.82) is 0 Å². The lowest BCUT2D eigenvalue weighted by Gasteiger charge is -2.03. The molecule has 0 fully saturated rings. The molecule has 4 nitrogen and oxygen atoms in total. The average Bonchev–Trinajstić information content (AvgIpc) is 2.77. The van der Waals surface area contributed by atoms with Crippen LogP contribution in [0.25, 0.3) is 21.5 Å². The molecule has 1 N–H and O–H groups in total. The molecule has 0 saturated carbocycles. The van der Waals surface area contributed by atoms with Gasteiger partial charge in [-0.05, 0) is 32.0 Å². The maximum atomic E-state index is 12.1. The summed E-state index contributed by atoms with van der Waals surface area (Å²) in [7, 11) is 1.83. The first-order valence-corrected chi connectivity index (χ1v) is 7.10. The van der Waals surface area contributed by atoms with Gasteiger partial charge in [0, 0.05) is 29.1 Å². The van der Waals surface area contributed by atoms with E-state index < -0.39 is 0 Å². The Morgan fingerprint density at radius 3 is 2.70 bits per heavy atom. The molecule has 0 amide bonds. The summed E-state index contributed by atoms with van der Waals surface area (Å²) in [5.74, 6) is 0. The maximum Gasteiger partial charge on any atom is 0.346 e. The van der Waals surface area contributed by atoms with Gasteiger partial charge < -0.3 is 9.73 Å². The van der Waals surface area contributed by atoms with Crippen LogP contribution in [-0.2, 0) is 0 Å². The van der Waals surface area contributed by atoms with Gasteiger partial charge >= 0.3 is 5.63 Å². The minimum absolute atomic E-state index is 0.348. The summed E-state index contributed by atoms with van der Waals surface area (Å²) in [5.41, 5.74) is 2.62. The molecule has 0 atom stereocenters. The third-order valence-corrected chi connectivity index (χ3v) is 4.39. The van der Waals surface area contributed by atoms with Crippen LogP contribution in [0.4, 0.5) is 5.69 Å². The molecule has 0 saturated heterocycles. The van der Waals surface area contributed by atoms with E-state index in [0.29, 0.717) is 16.2 Å². The first-order chi connectivity index (χ1) is 9.58. The number of aryl methyl sites for hydroxylation is 2. The minimum atomic E-state index is -0.348. The zero-order valence-corrected chi connectivity index (χ0v) is 12.3. The van der Waals surface area contributed by atoms with E-state index in [0.717, 1.165) is 21.6 Å². The molecule has 0 spiro atoms. The second-order valence-electron chi connectivity index (χ2n) is 4.61. The Labute approximate surface area is 120 Å². The summed E-state index contributed by atoms with van der Waals surface area (Å²) in [6.07, 6.45) is 0. The normalized spacial score (nSPS) is 10.9. The predicted octanol–water partition coefficient (Wildman–Crippen LogP) is 3.58. The summed E-state index contributed by atoms with van der Waals surface area (Å²) in [4.78, 5) is 17.7. The van der Waals surface area contributed by atoms with Gasteiger partial charge in [0.15, 0.2) is 0 Å². The van der Waals surface area contributed by atoms with E-state index in [1.54, 1.807) is 0 Å². The van der Waals surface area contributed by atoms with Crippen molar-refractivity contribution in [1.82, 2.24) is 4.98 Å². The van der Waals surface area contributed by atoms with Crippen molar-refractivity contribution in [3.63, 3.8) is 0 Å². The van der Waals surface area contributed by atoms with E-state index >= 15 is 0 Å². The average molecular weight is 286 g/mol. The largest absolute Gasteiger partial charge is 0.422 e. The van der Waals surface area contributed by atoms with Crippen LogP contribution in [0.3, 0.4) is 0 Å². The molecule has 2 heterocycles. The second-order valence-corrected chi connectivity index (χ2v) is 5.81. The molecule has 20 heavy (non-hydrogen) atoms. The predicted molar refractivity (Wildman–Crippen MR) is 82.6 cm³/mol. The van der Waals surface area contributed by atoms with Gasteiger partial charge in [-0.15, -0.1) is 11.3 Å². The van der Waals surface area contributed by atoms with Gasteiger partial charge in [-0.2, -0.15) is 0 Å². The lowest BCUT2D eigenvalue weighted by atomic mass is 10.2. The maximum absolute atomic E-state index is 12.1. The highest BCUT2D eigenvalue weighted by molar-refractivity contribution is 7.15. The molecule has 0 radical (unpaired) electrons. The SMILES string of the molecule is CNc1ccc2cc(-c3nc(C)c(C)s3)c(=O)oc2c1. The van der Waals surface area contributed by atoms with Crippen LogP contribution in [0.1, 0.15) is 10.6 Å². The third kappa shape index (κ3) is 2.10. The Morgan fingerprint density at radius 2 is 2.05 bits per heavy atom. The third-order valence-electron chi connectivity index (χ3n) is 3.28. The standard InChI is InChI=1S/C15H14N2O2S/c1-8-9(2)20-14(17-8)12-6-10-4-5-11(16-3)7-13(10)19-15(12)18/h4-7,16H,1-3H3. The van der Waals surface area contributed by atoms with E-state index in [9.17, 15) is 4.79 Å². The van der Waals surface area contributed by atoms with Gasteiger partial charge in [0.1, 0.15) is 10.6 Å². The molecule has 3 aromatic rings. The first kappa shape index (κ1) is 12.9. The van der Waals surface area contributed by atoms with Gasteiger partial charge in [-0.3, -0.25) is 0 Å². The van der Waals surface area contributed by atoms with Crippen molar-refractivity contribution in [3.8, 4) is 10.6 Å². The fourth-order valence-corrected chi connectivity index (χ4v) is 2.92. The molecule has 0 aliphatic rings. The lowest BCUT2D eigenvalue weighted by molar-refractivity contribution is 0.563. The fourth-order valence-electron chi connectivity index (χ4n) is 2.00. The molecule has 1 aromatic carbocycles. The Hall–Kier alpha value is -2.14. The smallest absolute Gasteiger partial charge is 0.346 e. The Morgan fingerprint density at radius 1 is 1.25 bits per heavy atom. The van der Waals surface area contributed by atoms with Crippen molar-refractivity contribution in [2.75, 3.05) is 12.4 Å². The molecule has 0 unspecified atom stereocenters. The van der Waals surface area contributed by atoms with E-state index in [1.807, 2.05) is 45.2 Å². The summed E-state index contributed by atoms with van der Waals surface area (Å²) in [5, 5.41) is 4.63. The number of hydrogen-bond acceptors (Lipinski definition) is 5. The molecule has 102 valence electrons. The quantitative estimate of drug-likeness (QED) is 0.732. The van der Waals surface area contributed by atoms with Gasteiger partial charge in [-0.25, -0.2) is 9.78 Å². The molecular weight excluding hydrogens is 272 g/mol. The number of hydrogen-bond donors (Lipinski definition) is 1.